The molecule has 2 heterocycles. The van der Waals surface area contributed by atoms with Crippen LogP contribution < -0.4 is 10.5 Å². The van der Waals surface area contributed by atoms with Crippen LogP contribution >= 0.6 is 0 Å². The van der Waals surface area contributed by atoms with Crippen LogP contribution in [0, 0.1) is 5.92 Å². The first-order valence-electron chi connectivity index (χ1n) is 6.60. The van der Waals surface area contributed by atoms with Crippen LogP contribution in [0.25, 0.3) is 0 Å². The number of rotatable bonds is 1. The van der Waals surface area contributed by atoms with Crippen molar-refractivity contribution in [2.24, 2.45) is 11.7 Å². The molecule has 2 aliphatic rings. The molecule has 3 rings (SSSR count). The van der Waals surface area contributed by atoms with Gasteiger partial charge in [-0.2, -0.15) is 0 Å². The first kappa shape index (κ1) is 11.8. The molecule has 98 valence electrons. The lowest BCUT2D eigenvalue weighted by molar-refractivity contribution is 0.100. The molecular weight excluding hydrogens is 228 g/mol. The average molecular weight is 248 g/mol. The van der Waals surface area contributed by atoms with Crippen LogP contribution in [0.2, 0.25) is 0 Å². The maximum atomic E-state index is 9.46. The Bertz CT molecular complexity index is 449. The summed E-state index contributed by atoms with van der Waals surface area (Å²) < 4.78 is 5.67. The molecule has 1 fully saturated rings. The van der Waals surface area contributed by atoms with Crippen molar-refractivity contribution in [3.8, 4) is 11.5 Å². The predicted molar refractivity (Wildman–Crippen MR) is 69.7 cm³/mol. The Balaban J connectivity index is 1.80. The van der Waals surface area contributed by atoms with E-state index in [2.05, 4.69) is 11.8 Å². The molecule has 0 saturated carbocycles. The second-order valence-corrected chi connectivity index (χ2v) is 5.47. The van der Waals surface area contributed by atoms with E-state index in [0.717, 1.165) is 25.3 Å². The minimum atomic E-state index is 0.267. The third-order valence-electron chi connectivity index (χ3n) is 4.20. The number of phenols is 1. The topological polar surface area (TPSA) is 58.7 Å². The zero-order valence-electron chi connectivity index (χ0n) is 10.7. The molecule has 1 aromatic carbocycles. The van der Waals surface area contributed by atoms with Gasteiger partial charge in [-0.1, -0.05) is 6.92 Å². The van der Waals surface area contributed by atoms with E-state index in [9.17, 15) is 5.11 Å². The summed E-state index contributed by atoms with van der Waals surface area (Å²) in [5.41, 5.74) is 7.25. The van der Waals surface area contributed by atoms with E-state index in [-0.39, 0.29) is 5.75 Å². The summed E-state index contributed by atoms with van der Waals surface area (Å²) >= 11 is 0. The number of likely N-dealkylation sites (tertiary alicyclic amines) is 1. The monoisotopic (exact) mass is 248 g/mol. The third-order valence-corrected chi connectivity index (χ3v) is 4.20. The fourth-order valence-electron chi connectivity index (χ4n) is 2.96. The van der Waals surface area contributed by atoms with E-state index < -0.39 is 0 Å². The Morgan fingerprint density at radius 2 is 2.28 bits per heavy atom. The molecule has 18 heavy (non-hydrogen) atoms. The van der Waals surface area contributed by atoms with Gasteiger partial charge in [-0.25, -0.2) is 0 Å². The first-order valence-corrected chi connectivity index (χ1v) is 6.60. The lowest BCUT2D eigenvalue weighted by Gasteiger charge is -2.38. The van der Waals surface area contributed by atoms with Gasteiger partial charge in [0.05, 0.1) is 6.04 Å². The second-order valence-electron chi connectivity index (χ2n) is 5.47. The maximum Gasteiger partial charge on any atom is 0.127 e. The van der Waals surface area contributed by atoms with Gasteiger partial charge in [-0.05, 0) is 24.5 Å². The zero-order valence-corrected chi connectivity index (χ0v) is 10.7. The van der Waals surface area contributed by atoms with Gasteiger partial charge >= 0.3 is 0 Å². The van der Waals surface area contributed by atoms with Crippen molar-refractivity contribution < 1.29 is 9.84 Å². The van der Waals surface area contributed by atoms with Crippen molar-refractivity contribution in [3.05, 3.63) is 23.8 Å². The van der Waals surface area contributed by atoms with E-state index in [1.165, 1.54) is 5.56 Å². The molecular formula is C14H20N2O2. The summed E-state index contributed by atoms with van der Waals surface area (Å²) in [5.74, 6) is 1.62. The number of nitrogens with zero attached hydrogens (tertiary/aromatic N) is 1. The Labute approximate surface area is 107 Å². The van der Waals surface area contributed by atoms with Crippen LogP contribution in [0.1, 0.15) is 24.9 Å². The minimum absolute atomic E-state index is 0.267. The minimum Gasteiger partial charge on any atom is -0.508 e. The van der Waals surface area contributed by atoms with Gasteiger partial charge in [0.1, 0.15) is 18.1 Å². The van der Waals surface area contributed by atoms with Crippen molar-refractivity contribution in [2.75, 3.05) is 19.7 Å². The molecule has 3 N–H and O–H groups in total. The highest BCUT2D eigenvalue weighted by Gasteiger charge is 2.33. The summed E-state index contributed by atoms with van der Waals surface area (Å²) in [6.07, 6.45) is 1.05. The van der Waals surface area contributed by atoms with Crippen molar-refractivity contribution in [1.82, 2.24) is 4.90 Å². The summed E-state index contributed by atoms with van der Waals surface area (Å²) in [6, 6.07) is 6.05. The smallest absolute Gasteiger partial charge is 0.127 e. The zero-order chi connectivity index (χ0) is 12.7. The van der Waals surface area contributed by atoms with Gasteiger partial charge in [-0.3, -0.25) is 4.90 Å². The Kier molecular flexibility index (Phi) is 2.92. The summed E-state index contributed by atoms with van der Waals surface area (Å²) in [6.45, 7) is 4.94. The molecule has 3 atom stereocenters. The SMILES string of the molecule is CC1CN(C2COc3cc(O)ccc32)CCC1N. The second kappa shape index (κ2) is 4.44. The molecule has 1 aromatic rings. The summed E-state index contributed by atoms with van der Waals surface area (Å²) in [4.78, 5) is 2.46. The number of phenolic OH excluding ortho intramolecular Hbond substituents is 1. The molecule has 4 nitrogen and oxygen atoms in total. The molecule has 0 aliphatic carbocycles. The van der Waals surface area contributed by atoms with Gasteiger partial charge in [0.2, 0.25) is 0 Å². The molecule has 0 bridgehead atoms. The molecule has 3 unspecified atom stereocenters. The fraction of sp³-hybridized carbons (Fsp3) is 0.571. The quantitative estimate of drug-likeness (QED) is 0.790. The number of benzene rings is 1. The van der Waals surface area contributed by atoms with Crippen molar-refractivity contribution in [2.45, 2.75) is 25.4 Å². The van der Waals surface area contributed by atoms with E-state index in [1.54, 1.807) is 12.1 Å². The Morgan fingerprint density at radius 3 is 3.06 bits per heavy atom. The summed E-state index contributed by atoms with van der Waals surface area (Å²) in [5, 5.41) is 9.46. The van der Waals surface area contributed by atoms with Crippen molar-refractivity contribution in [3.63, 3.8) is 0 Å². The maximum absolute atomic E-state index is 9.46. The molecule has 0 spiro atoms. The van der Waals surface area contributed by atoms with Crippen LogP contribution in [0.15, 0.2) is 18.2 Å². The highest BCUT2D eigenvalue weighted by Crippen LogP contribution is 2.39. The summed E-state index contributed by atoms with van der Waals surface area (Å²) in [7, 11) is 0. The molecule has 4 heteroatoms. The van der Waals surface area contributed by atoms with Gasteiger partial charge in [0.25, 0.3) is 0 Å². The number of hydrogen-bond donors (Lipinski definition) is 2. The highest BCUT2D eigenvalue weighted by atomic mass is 16.5. The van der Waals surface area contributed by atoms with Crippen LogP contribution in [0.3, 0.4) is 0 Å². The molecule has 1 saturated heterocycles. The fourth-order valence-corrected chi connectivity index (χ4v) is 2.96. The number of piperidine rings is 1. The number of nitrogens with two attached hydrogens (primary N) is 1. The van der Waals surface area contributed by atoms with Crippen LogP contribution in [0.4, 0.5) is 0 Å². The number of fused-ring (bicyclic) bond motifs is 1. The van der Waals surface area contributed by atoms with E-state index in [0.29, 0.717) is 24.6 Å². The highest BCUT2D eigenvalue weighted by molar-refractivity contribution is 5.44. The van der Waals surface area contributed by atoms with Gasteiger partial charge < -0.3 is 15.6 Å². The predicted octanol–water partition coefficient (Wildman–Crippen LogP) is 1.49. The molecule has 2 aliphatic heterocycles. The van der Waals surface area contributed by atoms with E-state index in [4.69, 9.17) is 10.5 Å². The molecule has 0 aromatic heterocycles. The van der Waals surface area contributed by atoms with Crippen molar-refractivity contribution in [1.29, 1.82) is 0 Å². The third kappa shape index (κ3) is 1.95. The van der Waals surface area contributed by atoms with Crippen molar-refractivity contribution >= 4 is 0 Å². The lowest BCUT2D eigenvalue weighted by atomic mass is 9.92. The molecule has 0 radical (unpaired) electrons. The standard InChI is InChI=1S/C14H20N2O2/c1-9-7-16(5-4-12(9)15)13-8-18-14-6-10(17)2-3-11(13)14/h2-3,6,9,12-13,17H,4-5,7-8,15H2,1H3. The number of aromatic hydroxyl groups is 1. The normalized spacial score (nSPS) is 32.0. The van der Waals surface area contributed by atoms with Crippen LogP contribution in [-0.4, -0.2) is 35.7 Å². The number of ether oxygens (including phenoxy) is 1. The Hall–Kier alpha value is -1.26. The van der Waals surface area contributed by atoms with E-state index >= 15 is 0 Å². The lowest BCUT2D eigenvalue weighted by Crippen LogP contribution is -2.47. The van der Waals surface area contributed by atoms with Gasteiger partial charge in [-0.15, -0.1) is 0 Å². The number of hydrogen-bond acceptors (Lipinski definition) is 4. The van der Waals surface area contributed by atoms with Gasteiger partial charge in [0, 0.05) is 30.8 Å². The largest absolute Gasteiger partial charge is 0.508 e. The van der Waals surface area contributed by atoms with Crippen LogP contribution in [-0.2, 0) is 0 Å². The van der Waals surface area contributed by atoms with Gasteiger partial charge in [0.15, 0.2) is 0 Å². The van der Waals surface area contributed by atoms with E-state index in [1.807, 2.05) is 6.07 Å². The first-order chi connectivity index (χ1) is 8.65. The van der Waals surface area contributed by atoms with Crippen LogP contribution in [0.5, 0.6) is 11.5 Å². The average Bonchev–Trinajstić information content (AvgIpc) is 2.75. The Morgan fingerprint density at radius 1 is 1.44 bits per heavy atom. The molecule has 0 amide bonds.